The van der Waals surface area contributed by atoms with Crippen LogP contribution in [-0.4, -0.2) is 33.2 Å². The van der Waals surface area contributed by atoms with Crippen LogP contribution in [0.3, 0.4) is 0 Å². The van der Waals surface area contributed by atoms with Crippen molar-refractivity contribution in [1.82, 2.24) is 5.32 Å². The third-order valence-electron chi connectivity index (χ3n) is 2.47. The molecule has 4 N–H and O–H groups in total. The van der Waals surface area contributed by atoms with Gasteiger partial charge in [0.2, 0.25) is 5.91 Å². The number of aromatic hydroxyl groups is 2. The van der Waals surface area contributed by atoms with Crippen molar-refractivity contribution in [2.24, 2.45) is 0 Å². The van der Waals surface area contributed by atoms with Gasteiger partial charge in [-0.25, -0.2) is 4.79 Å². The lowest BCUT2D eigenvalue weighted by molar-refractivity contribution is -0.141. The van der Waals surface area contributed by atoms with Gasteiger partial charge in [-0.1, -0.05) is 12.6 Å². The molecule has 0 aromatic heterocycles. The Morgan fingerprint density at radius 3 is 2.42 bits per heavy atom. The number of carboxylic acid groups (broad SMARTS) is 1. The van der Waals surface area contributed by atoms with Gasteiger partial charge in [-0.05, 0) is 24.6 Å². The molecule has 102 valence electrons. The smallest absolute Gasteiger partial charge is 0.326 e. The summed E-state index contributed by atoms with van der Waals surface area (Å²) >= 11 is 0. The average molecular weight is 265 g/mol. The standard InChI is InChI=1S/C13H15NO5/c1-7(2)12(17)14-9(13(18)19)5-8-3-4-10(15)11(16)6-8/h3-4,6,9,15-16H,1,5H2,2H3,(H,14,17)(H,18,19). The monoisotopic (exact) mass is 265 g/mol. The minimum absolute atomic E-state index is 0.0117. The number of carbonyl (C=O) groups excluding carboxylic acids is 1. The van der Waals surface area contributed by atoms with E-state index in [0.29, 0.717) is 5.56 Å². The number of hydrogen-bond donors (Lipinski definition) is 4. The molecular formula is C13H15NO5. The van der Waals surface area contributed by atoms with Gasteiger partial charge in [0.05, 0.1) is 0 Å². The molecule has 1 amide bonds. The van der Waals surface area contributed by atoms with Crippen molar-refractivity contribution in [1.29, 1.82) is 0 Å². The van der Waals surface area contributed by atoms with E-state index in [2.05, 4.69) is 11.9 Å². The van der Waals surface area contributed by atoms with Gasteiger partial charge in [-0.15, -0.1) is 0 Å². The maximum absolute atomic E-state index is 11.4. The summed E-state index contributed by atoms with van der Waals surface area (Å²) in [6.07, 6.45) is -0.0117. The molecule has 6 heteroatoms. The first-order valence-electron chi connectivity index (χ1n) is 5.51. The second kappa shape index (κ2) is 5.90. The van der Waals surface area contributed by atoms with Gasteiger partial charge in [-0.3, -0.25) is 4.79 Å². The van der Waals surface area contributed by atoms with Gasteiger partial charge < -0.3 is 20.6 Å². The van der Waals surface area contributed by atoms with E-state index in [0.717, 1.165) is 0 Å². The van der Waals surface area contributed by atoms with Crippen molar-refractivity contribution in [3.05, 3.63) is 35.9 Å². The number of phenolic OH excluding ortho intramolecular Hbond substituents is 2. The Hall–Kier alpha value is -2.50. The highest BCUT2D eigenvalue weighted by molar-refractivity contribution is 5.94. The van der Waals surface area contributed by atoms with Crippen LogP contribution in [0.2, 0.25) is 0 Å². The molecule has 1 aromatic carbocycles. The first-order valence-corrected chi connectivity index (χ1v) is 5.51. The molecule has 6 nitrogen and oxygen atoms in total. The van der Waals surface area contributed by atoms with Crippen LogP contribution >= 0.6 is 0 Å². The number of phenols is 2. The highest BCUT2D eigenvalue weighted by atomic mass is 16.4. The van der Waals surface area contributed by atoms with Gasteiger partial charge in [0, 0.05) is 12.0 Å². The zero-order valence-corrected chi connectivity index (χ0v) is 10.4. The number of rotatable bonds is 5. The largest absolute Gasteiger partial charge is 0.504 e. The maximum atomic E-state index is 11.4. The molecule has 0 spiro atoms. The Balaban J connectivity index is 2.84. The first-order chi connectivity index (χ1) is 8.81. The van der Waals surface area contributed by atoms with E-state index in [1.54, 1.807) is 0 Å². The van der Waals surface area contributed by atoms with E-state index in [1.165, 1.54) is 25.1 Å². The van der Waals surface area contributed by atoms with Crippen molar-refractivity contribution < 1.29 is 24.9 Å². The summed E-state index contributed by atoms with van der Waals surface area (Å²) in [5.41, 5.74) is 0.685. The van der Waals surface area contributed by atoms with Gasteiger partial charge in [-0.2, -0.15) is 0 Å². The van der Waals surface area contributed by atoms with E-state index < -0.39 is 17.9 Å². The summed E-state index contributed by atoms with van der Waals surface area (Å²) in [7, 11) is 0. The molecule has 0 aliphatic heterocycles. The molecule has 1 unspecified atom stereocenters. The molecule has 0 fully saturated rings. The summed E-state index contributed by atoms with van der Waals surface area (Å²) in [4.78, 5) is 22.5. The number of aliphatic carboxylic acids is 1. The highest BCUT2D eigenvalue weighted by Gasteiger charge is 2.21. The van der Waals surface area contributed by atoms with Crippen LogP contribution < -0.4 is 5.32 Å². The first kappa shape index (κ1) is 14.6. The Bertz CT molecular complexity index is 524. The second-order valence-corrected chi connectivity index (χ2v) is 4.17. The minimum Gasteiger partial charge on any atom is -0.504 e. The van der Waals surface area contributed by atoms with Gasteiger partial charge in [0.15, 0.2) is 11.5 Å². The molecule has 0 bridgehead atoms. The molecule has 0 radical (unpaired) electrons. The predicted octanol–water partition coefficient (Wildman–Crippen LogP) is 0.786. The molecule has 0 aliphatic carbocycles. The Morgan fingerprint density at radius 2 is 1.95 bits per heavy atom. The summed E-state index contributed by atoms with van der Waals surface area (Å²) in [5.74, 6) is -2.37. The lowest BCUT2D eigenvalue weighted by Gasteiger charge is -2.14. The molecule has 1 aromatic rings. The molecule has 1 rings (SSSR count). The zero-order chi connectivity index (χ0) is 14.6. The van der Waals surface area contributed by atoms with Crippen molar-refractivity contribution in [3.63, 3.8) is 0 Å². The average Bonchev–Trinajstić information content (AvgIpc) is 2.32. The van der Waals surface area contributed by atoms with Crippen LogP contribution in [0.4, 0.5) is 0 Å². The molecule has 0 heterocycles. The zero-order valence-electron chi connectivity index (χ0n) is 10.4. The Kier molecular flexibility index (Phi) is 4.52. The Morgan fingerprint density at radius 1 is 1.32 bits per heavy atom. The predicted molar refractivity (Wildman–Crippen MR) is 67.9 cm³/mol. The minimum atomic E-state index is -1.19. The SMILES string of the molecule is C=C(C)C(=O)NC(Cc1ccc(O)c(O)c1)C(=O)O. The van der Waals surface area contributed by atoms with Crippen molar-refractivity contribution in [2.45, 2.75) is 19.4 Å². The lowest BCUT2D eigenvalue weighted by Crippen LogP contribution is -2.42. The third kappa shape index (κ3) is 4.02. The summed E-state index contributed by atoms with van der Waals surface area (Å²) < 4.78 is 0. The maximum Gasteiger partial charge on any atom is 0.326 e. The third-order valence-corrected chi connectivity index (χ3v) is 2.47. The fourth-order valence-corrected chi connectivity index (χ4v) is 1.41. The molecule has 0 saturated heterocycles. The quantitative estimate of drug-likeness (QED) is 0.465. The van der Waals surface area contributed by atoms with Gasteiger partial charge >= 0.3 is 5.97 Å². The molecule has 0 aliphatic rings. The number of amides is 1. The number of carbonyl (C=O) groups is 2. The normalized spacial score (nSPS) is 11.6. The Labute approximate surface area is 110 Å². The number of benzene rings is 1. The molecule has 1 atom stereocenters. The van der Waals surface area contributed by atoms with E-state index in [-0.39, 0.29) is 23.5 Å². The van der Waals surface area contributed by atoms with Crippen LogP contribution in [-0.2, 0) is 16.0 Å². The van der Waals surface area contributed by atoms with Crippen LogP contribution in [0.1, 0.15) is 12.5 Å². The van der Waals surface area contributed by atoms with Gasteiger partial charge in [0.25, 0.3) is 0 Å². The van der Waals surface area contributed by atoms with Crippen LogP contribution in [0.25, 0.3) is 0 Å². The van der Waals surface area contributed by atoms with E-state index >= 15 is 0 Å². The van der Waals surface area contributed by atoms with Crippen molar-refractivity contribution in [2.75, 3.05) is 0 Å². The highest BCUT2D eigenvalue weighted by Crippen LogP contribution is 2.25. The fraction of sp³-hybridized carbons (Fsp3) is 0.231. The van der Waals surface area contributed by atoms with Crippen LogP contribution in [0.5, 0.6) is 11.5 Å². The summed E-state index contributed by atoms with van der Waals surface area (Å²) in [5, 5.41) is 29.8. The topological polar surface area (TPSA) is 107 Å². The van der Waals surface area contributed by atoms with Crippen LogP contribution in [0.15, 0.2) is 30.4 Å². The molecular weight excluding hydrogens is 250 g/mol. The van der Waals surface area contributed by atoms with Crippen molar-refractivity contribution in [3.8, 4) is 11.5 Å². The lowest BCUT2D eigenvalue weighted by atomic mass is 10.0. The number of nitrogens with one attached hydrogen (secondary N) is 1. The number of carboxylic acids is 1. The van der Waals surface area contributed by atoms with Gasteiger partial charge in [0.1, 0.15) is 6.04 Å². The van der Waals surface area contributed by atoms with E-state index in [4.69, 9.17) is 10.2 Å². The van der Waals surface area contributed by atoms with Crippen molar-refractivity contribution >= 4 is 11.9 Å². The number of hydrogen-bond acceptors (Lipinski definition) is 4. The summed E-state index contributed by atoms with van der Waals surface area (Å²) in [6.45, 7) is 4.90. The molecule has 0 saturated carbocycles. The second-order valence-electron chi connectivity index (χ2n) is 4.17. The summed E-state index contributed by atoms with van der Waals surface area (Å²) in [6, 6.07) is 2.84. The molecule has 19 heavy (non-hydrogen) atoms. The van der Waals surface area contributed by atoms with Crippen LogP contribution in [0, 0.1) is 0 Å². The van der Waals surface area contributed by atoms with E-state index in [1.807, 2.05) is 0 Å². The van der Waals surface area contributed by atoms with E-state index in [9.17, 15) is 14.7 Å². The fourth-order valence-electron chi connectivity index (χ4n) is 1.41.